The predicted octanol–water partition coefficient (Wildman–Crippen LogP) is 3.01. The van der Waals surface area contributed by atoms with Crippen LogP contribution in [0, 0.1) is 11.2 Å². The van der Waals surface area contributed by atoms with E-state index in [4.69, 9.17) is 0 Å². The molecule has 1 aromatic rings. The fraction of sp³-hybridized carbons (Fsp3) is 0.500. The normalized spacial score (nSPS) is 13.2. The predicted molar refractivity (Wildman–Crippen MR) is 78.4 cm³/mol. The van der Waals surface area contributed by atoms with Crippen molar-refractivity contribution in [3.63, 3.8) is 0 Å². The van der Waals surface area contributed by atoms with E-state index in [0.717, 1.165) is 5.56 Å². The van der Waals surface area contributed by atoms with Gasteiger partial charge in [-0.3, -0.25) is 4.79 Å². The van der Waals surface area contributed by atoms with E-state index in [2.05, 4.69) is 26.6 Å². The molecule has 2 N–H and O–H groups in total. The van der Waals surface area contributed by atoms with Crippen LogP contribution < -0.4 is 10.6 Å². The number of carbonyl (C=O) groups excluding carboxylic acids is 1. The van der Waals surface area contributed by atoms with Crippen molar-refractivity contribution in [2.24, 2.45) is 5.41 Å². The molecule has 1 amide bonds. The van der Waals surface area contributed by atoms with E-state index in [0.29, 0.717) is 11.0 Å². The quantitative estimate of drug-likeness (QED) is 0.871. The van der Waals surface area contributed by atoms with Gasteiger partial charge in [0.15, 0.2) is 0 Å². The Hall–Kier alpha value is -0.940. The summed E-state index contributed by atoms with van der Waals surface area (Å²) in [6.07, 6.45) is 0. The Labute approximate surface area is 122 Å². The second-order valence-electron chi connectivity index (χ2n) is 5.24. The van der Waals surface area contributed by atoms with Crippen molar-refractivity contribution in [2.75, 3.05) is 13.6 Å². The Kier molecular flexibility index (Phi) is 5.50. The molecule has 5 heteroatoms. The third-order valence-electron chi connectivity index (χ3n) is 3.14. The highest BCUT2D eigenvalue weighted by Gasteiger charge is 2.26. The SMILES string of the molecule is CNC(=O)C(C)(C)CNC(C)c1ccc(F)c(Br)c1. The molecule has 1 aromatic carbocycles. The molecule has 0 aromatic heterocycles. The van der Waals surface area contributed by atoms with E-state index in [-0.39, 0.29) is 17.8 Å². The lowest BCUT2D eigenvalue weighted by molar-refractivity contribution is -0.128. The number of nitrogens with one attached hydrogen (secondary N) is 2. The molecule has 1 rings (SSSR count). The molecule has 0 aliphatic heterocycles. The fourth-order valence-electron chi connectivity index (χ4n) is 1.73. The van der Waals surface area contributed by atoms with Gasteiger partial charge in [0.05, 0.1) is 9.89 Å². The average Bonchev–Trinajstić information content (AvgIpc) is 2.38. The number of carbonyl (C=O) groups is 1. The van der Waals surface area contributed by atoms with E-state index < -0.39 is 5.41 Å². The highest BCUT2D eigenvalue weighted by atomic mass is 79.9. The molecule has 1 unspecified atom stereocenters. The van der Waals surface area contributed by atoms with E-state index in [1.807, 2.05) is 20.8 Å². The molecule has 0 saturated carbocycles. The van der Waals surface area contributed by atoms with E-state index in [9.17, 15) is 9.18 Å². The van der Waals surface area contributed by atoms with Crippen LogP contribution in [0.5, 0.6) is 0 Å². The minimum absolute atomic E-state index is 0.00696. The lowest BCUT2D eigenvalue weighted by Crippen LogP contribution is -2.42. The molecule has 0 bridgehead atoms. The van der Waals surface area contributed by atoms with Gasteiger partial charge in [-0.1, -0.05) is 6.07 Å². The maximum atomic E-state index is 13.2. The van der Waals surface area contributed by atoms with Crippen LogP contribution in [0.3, 0.4) is 0 Å². The molecule has 3 nitrogen and oxygen atoms in total. The molecule has 0 saturated heterocycles. The van der Waals surface area contributed by atoms with Gasteiger partial charge in [0.2, 0.25) is 5.91 Å². The summed E-state index contributed by atoms with van der Waals surface area (Å²) in [5.41, 5.74) is 0.487. The van der Waals surface area contributed by atoms with Crippen LogP contribution in [-0.4, -0.2) is 19.5 Å². The summed E-state index contributed by atoms with van der Waals surface area (Å²) < 4.78 is 13.6. The molecule has 0 radical (unpaired) electrons. The zero-order valence-electron chi connectivity index (χ0n) is 11.7. The maximum Gasteiger partial charge on any atom is 0.226 e. The molecule has 0 aliphatic carbocycles. The van der Waals surface area contributed by atoms with Gasteiger partial charge < -0.3 is 10.6 Å². The fourth-order valence-corrected chi connectivity index (χ4v) is 2.12. The summed E-state index contributed by atoms with van der Waals surface area (Å²) >= 11 is 3.17. The van der Waals surface area contributed by atoms with Crippen molar-refractivity contribution >= 4 is 21.8 Å². The van der Waals surface area contributed by atoms with Crippen LogP contribution in [0.2, 0.25) is 0 Å². The zero-order chi connectivity index (χ0) is 14.6. The van der Waals surface area contributed by atoms with Crippen LogP contribution in [-0.2, 0) is 4.79 Å². The third kappa shape index (κ3) is 4.28. The summed E-state index contributed by atoms with van der Waals surface area (Å²) in [4.78, 5) is 11.7. The van der Waals surface area contributed by atoms with Crippen LogP contribution >= 0.6 is 15.9 Å². The topological polar surface area (TPSA) is 41.1 Å². The van der Waals surface area contributed by atoms with Gasteiger partial charge >= 0.3 is 0 Å². The van der Waals surface area contributed by atoms with Crippen molar-refractivity contribution in [3.05, 3.63) is 34.1 Å². The number of hydrogen-bond acceptors (Lipinski definition) is 2. The Morgan fingerprint density at radius 2 is 2.11 bits per heavy atom. The van der Waals surface area contributed by atoms with Crippen LogP contribution in [0.15, 0.2) is 22.7 Å². The van der Waals surface area contributed by atoms with Gasteiger partial charge in [-0.2, -0.15) is 0 Å². The van der Waals surface area contributed by atoms with Crippen molar-refractivity contribution in [2.45, 2.75) is 26.8 Å². The van der Waals surface area contributed by atoms with Crippen molar-refractivity contribution in [1.29, 1.82) is 0 Å². The van der Waals surface area contributed by atoms with E-state index in [1.54, 1.807) is 19.2 Å². The molecule has 1 atom stereocenters. The Morgan fingerprint density at radius 1 is 1.47 bits per heavy atom. The monoisotopic (exact) mass is 330 g/mol. The van der Waals surface area contributed by atoms with Crippen LogP contribution in [0.1, 0.15) is 32.4 Å². The maximum absolute atomic E-state index is 13.2. The van der Waals surface area contributed by atoms with E-state index in [1.165, 1.54) is 6.07 Å². The number of amides is 1. The van der Waals surface area contributed by atoms with Crippen LogP contribution in [0.4, 0.5) is 4.39 Å². The second-order valence-corrected chi connectivity index (χ2v) is 6.09. The van der Waals surface area contributed by atoms with Gasteiger partial charge in [-0.25, -0.2) is 4.39 Å². The van der Waals surface area contributed by atoms with Gasteiger partial charge in [0.25, 0.3) is 0 Å². The van der Waals surface area contributed by atoms with Crippen molar-refractivity contribution in [3.8, 4) is 0 Å². The molecule has 19 heavy (non-hydrogen) atoms. The highest BCUT2D eigenvalue weighted by Crippen LogP contribution is 2.22. The molecule has 106 valence electrons. The zero-order valence-corrected chi connectivity index (χ0v) is 13.3. The van der Waals surface area contributed by atoms with Gasteiger partial charge in [0.1, 0.15) is 5.82 Å². The Bertz CT molecular complexity index is 463. The van der Waals surface area contributed by atoms with Crippen LogP contribution in [0.25, 0.3) is 0 Å². The van der Waals surface area contributed by atoms with Crippen molar-refractivity contribution in [1.82, 2.24) is 10.6 Å². The summed E-state index contributed by atoms with van der Waals surface area (Å²) in [5, 5.41) is 5.95. The first kappa shape index (κ1) is 16.1. The first-order valence-electron chi connectivity index (χ1n) is 6.18. The Morgan fingerprint density at radius 3 is 2.63 bits per heavy atom. The number of benzene rings is 1. The van der Waals surface area contributed by atoms with Gasteiger partial charge in [-0.05, 0) is 54.4 Å². The lowest BCUT2D eigenvalue weighted by Gasteiger charge is -2.25. The minimum Gasteiger partial charge on any atom is -0.359 e. The standard InChI is InChI=1S/C14H20BrFN2O/c1-9(10-5-6-12(16)11(15)7-10)18-8-14(2,3)13(19)17-4/h5-7,9,18H,8H2,1-4H3,(H,17,19). The first-order chi connectivity index (χ1) is 8.77. The van der Waals surface area contributed by atoms with E-state index >= 15 is 0 Å². The third-order valence-corrected chi connectivity index (χ3v) is 3.74. The average molecular weight is 331 g/mol. The summed E-state index contributed by atoms with van der Waals surface area (Å²) in [6, 6.07) is 4.97. The largest absolute Gasteiger partial charge is 0.359 e. The molecule has 0 aliphatic rings. The number of halogens is 2. The molecule has 0 spiro atoms. The highest BCUT2D eigenvalue weighted by molar-refractivity contribution is 9.10. The number of rotatable bonds is 5. The lowest BCUT2D eigenvalue weighted by atomic mass is 9.91. The number of hydrogen-bond donors (Lipinski definition) is 2. The summed E-state index contributed by atoms with van der Waals surface area (Å²) in [7, 11) is 1.63. The summed E-state index contributed by atoms with van der Waals surface area (Å²) in [6.45, 7) is 6.29. The first-order valence-corrected chi connectivity index (χ1v) is 6.97. The molecular weight excluding hydrogens is 311 g/mol. The smallest absolute Gasteiger partial charge is 0.226 e. The van der Waals surface area contributed by atoms with Crippen molar-refractivity contribution < 1.29 is 9.18 Å². The second kappa shape index (κ2) is 6.48. The van der Waals surface area contributed by atoms with Gasteiger partial charge in [0, 0.05) is 19.6 Å². The summed E-state index contributed by atoms with van der Waals surface area (Å²) in [5.74, 6) is -0.283. The minimum atomic E-state index is -0.486. The Balaban J connectivity index is 2.67. The molecule has 0 heterocycles. The molecule has 0 fully saturated rings. The van der Waals surface area contributed by atoms with Gasteiger partial charge in [-0.15, -0.1) is 0 Å². The molecular formula is C14H20BrFN2O.